The van der Waals surface area contributed by atoms with E-state index in [1.54, 1.807) is 0 Å². The van der Waals surface area contributed by atoms with Crippen LogP contribution in [0.25, 0.3) is 0 Å². The van der Waals surface area contributed by atoms with Gasteiger partial charge in [0.15, 0.2) is 0 Å². The summed E-state index contributed by atoms with van der Waals surface area (Å²) in [7, 11) is 0. The van der Waals surface area contributed by atoms with Crippen LogP contribution in [0, 0.1) is 11.3 Å². The van der Waals surface area contributed by atoms with Crippen molar-refractivity contribution in [3.8, 4) is 6.07 Å². The van der Waals surface area contributed by atoms with Gasteiger partial charge in [-0.1, -0.05) is 11.6 Å². The smallest absolute Gasteiger partial charge is 0.231 e. The average molecular weight is 271 g/mol. The molecular formula is C9H4ClF5N2. The van der Waals surface area contributed by atoms with E-state index in [0.717, 1.165) is 0 Å². The first-order chi connectivity index (χ1) is 7.77. The number of nitriles is 1. The maximum absolute atomic E-state index is 12.5. The molecule has 1 aromatic rings. The summed E-state index contributed by atoms with van der Waals surface area (Å²) in [5.41, 5.74) is -2.69. The minimum atomic E-state index is -4.80. The van der Waals surface area contributed by atoms with Gasteiger partial charge in [0.2, 0.25) is 0 Å². The zero-order valence-corrected chi connectivity index (χ0v) is 8.78. The zero-order chi connectivity index (χ0) is 13.2. The van der Waals surface area contributed by atoms with Crippen molar-refractivity contribution < 1.29 is 22.0 Å². The summed E-state index contributed by atoms with van der Waals surface area (Å²) in [4.78, 5) is 2.86. The first-order valence-electron chi connectivity index (χ1n) is 4.19. The monoisotopic (exact) mass is 270 g/mol. The zero-order valence-electron chi connectivity index (χ0n) is 8.02. The summed E-state index contributed by atoms with van der Waals surface area (Å²) < 4.78 is 62.0. The Labute approximate surface area is 97.6 Å². The Morgan fingerprint density at radius 3 is 2.41 bits per heavy atom. The molecule has 0 aliphatic carbocycles. The van der Waals surface area contributed by atoms with Gasteiger partial charge in [-0.25, -0.2) is 13.8 Å². The third-order valence-corrected chi connectivity index (χ3v) is 2.16. The number of aromatic nitrogens is 1. The topological polar surface area (TPSA) is 36.7 Å². The standard InChI is InChI=1S/C9H4ClF5N2/c10-7-6(8(11)12)4(1-2-16)3-5(17-7)9(13,14)15/h3,8H,1H2. The summed E-state index contributed by atoms with van der Waals surface area (Å²) in [6.45, 7) is 0. The highest BCUT2D eigenvalue weighted by molar-refractivity contribution is 6.30. The first-order valence-corrected chi connectivity index (χ1v) is 4.56. The fraction of sp³-hybridized carbons (Fsp3) is 0.333. The third kappa shape index (κ3) is 3.03. The van der Waals surface area contributed by atoms with Gasteiger partial charge in [-0.3, -0.25) is 0 Å². The Kier molecular flexibility index (Phi) is 3.88. The van der Waals surface area contributed by atoms with Crippen LogP contribution in [-0.2, 0) is 12.6 Å². The Morgan fingerprint density at radius 2 is 2.00 bits per heavy atom. The van der Waals surface area contributed by atoms with Gasteiger partial charge in [0, 0.05) is 0 Å². The number of halogens is 6. The third-order valence-electron chi connectivity index (χ3n) is 1.88. The van der Waals surface area contributed by atoms with Crippen molar-refractivity contribution in [2.24, 2.45) is 0 Å². The van der Waals surface area contributed by atoms with E-state index >= 15 is 0 Å². The average Bonchev–Trinajstić information content (AvgIpc) is 2.15. The largest absolute Gasteiger partial charge is 0.433 e. The summed E-state index contributed by atoms with van der Waals surface area (Å²) in [5, 5.41) is 7.44. The highest BCUT2D eigenvalue weighted by Gasteiger charge is 2.35. The van der Waals surface area contributed by atoms with Crippen LogP contribution in [0.15, 0.2) is 6.07 Å². The molecule has 0 aliphatic rings. The molecule has 0 aliphatic heterocycles. The minimum absolute atomic E-state index is 0.413. The second-order valence-electron chi connectivity index (χ2n) is 3.00. The molecule has 92 valence electrons. The fourth-order valence-electron chi connectivity index (χ4n) is 1.18. The van der Waals surface area contributed by atoms with E-state index in [1.807, 2.05) is 0 Å². The molecular weight excluding hydrogens is 267 g/mol. The molecule has 0 N–H and O–H groups in total. The van der Waals surface area contributed by atoms with Gasteiger partial charge in [-0.15, -0.1) is 0 Å². The van der Waals surface area contributed by atoms with E-state index in [2.05, 4.69) is 4.98 Å². The molecule has 0 atom stereocenters. The normalized spacial score (nSPS) is 11.6. The summed E-state index contributed by atoms with van der Waals surface area (Å²) in [6, 6.07) is 1.91. The fourth-order valence-corrected chi connectivity index (χ4v) is 1.48. The van der Waals surface area contributed by atoms with E-state index in [9.17, 15) is 22.0 Å². The highest BCUT2D eigenvalue weighted by atomic mass is 35.5. The number of alkyl halides is 5. The van der Waals surface area contributed by atoms with Crippen LogP contribution in [0.3, 0.4) is 0 Å². The highest BCUT2D eigenvalue weighted by Crippen LogP contribution is 2.35. The summed E-state index contributed by atoms with van der Waals surface area (Å²) in [5.74, 6) is 0. The van der Waals surface area contributed by atoms with Gasteiger partial charge >= 0.3 is 6.18 Å². The molecule has 0 saturated carbocycles. The lowest BCUT2D eigenvalue weighted by molar-refractivity contribution is -0.141. The molecule has 17 heavy (non-hydrogen) atoms. The Morgan fingerprint density at radius 1 is 1.41 bits per heavy atom. The van der Waals surface area contributed by atoms with E-state index in [0.29, 0.717) is 6.07 Å². The van der Waals surface area contributed by atoms with Crippen LogP contribution in [0.5, 0.6) is 0 Å². The van der Waals surface area contributed by atoms with Crippen LogP contribution in [0.4, 0.5) is 22.0 Å². The van der Waals surface area contributed by atoms with Crippen molar-refractivity contribution in [2.45, 2.75) is 19.0 Å². The Hall–Kier alpha value is -1.42. The Balaban J connectivity index is 3.42. The predicted molar refractivity (Wildman–Crippen MR) is 48.5 cm³/mol. The van der Waals surface area contributed by atoms with Crippen LogP contribution >= 0.6 is 11.6 Å². The van der Waals surface area contributed by atoms with E-state index in [4.69, 9.17) is 16.9 Å². The second kappa shape index (κ2) is 4.84. The van der Waals surface area contributed by atoms with Gasteiger partial charge in [0.05, 0.1) is 18.1 Å². The molecule has 0 unspecified atom stereocenters. The molecule has 1 aromatic heterocycles. The maximum Gasteiger partial charge on any atom is 0.433 e. The van der Waals surface area contributed by atoms with E-state index < -0.39 is 41.0 Å². The molecule has 0 fully saturated rings. The van der Waals surface area contributed by atoms with Crippen molar-refractivity contribution in [3.05, 3.63) is 28.0 Å². The second-order valence-corrected chi connectivity index (χ2v) is 3.36. The van der Waals surface area contributed by atoms with Gasteiger partial charge in [0.25, 0.3) is 6.43 Å². The van der Waals surface area contributed by atoms with Crippen molar-refractivity contribution in [1.82, 2.24) is 4.98 Å². The number of pyridine rings is 1. The van der Waals surface area contributed by atoms with E-state index in [1.165, 1.54) is 6.07 Å². The summed E-state index contributed by atoms with van der Waals surface area (Å²) in [6.07, 6.45) is -8.47. The molecule has 1 heterocycles. The maximum atomic E-state index is 12.5. The lowest BCUT2D eigenvalue weighted by Gasteiger charge is -2.12. The van der Waals surface area contributed by atoms with Gasteiger partial charge in [0.1, 0.15) is 10.8 Å². The van der Waals surface area contributed by atoms with Crippen molar-refractivity contribution >= 4 is 11.6 Å². The van der Waals surface area contributed by atoms with Crippen LogP contribution < -0.4 is 0 Å². The van der Waals surface area contributed by atoms with Gasteiger partial charge in [-0.2, -0.15) is 18.4 Å². The first kappa shape index (κ1) is 13.6. The molecule has 1 rings (SSSR count). The van der Waals surface area contributed by atoms with Gasteiger partial charge < -0.3 is 0 Å². The SMILES string of the molecule is N#CCc1cc(C(F)(F)F)nc(Cl)c1C(F)F. The number of nitrogens with zero attached hydrogens (tertiary/aromatic N) is 2. The van der Waals surface area contributed by atoms with Crippen LogP contribution in [0.1, 0.15) is 23.2 Å². The molecule has 0 spiro atoms. The molecule has 0 saturated heterocycles. The molecule has 8 heteroatoms. The molecule has 0 amide bonds. The van der Waals surface area contributed by atoms with Gasteiger partial charge in [-0.05, 0) is 11.6 Å². The molecule has 0 radical (unpaired) electrons. The van der Waals surface area contributed by atoms with E-state index in [-0.39, 0.29) is 0 Å². The quantitative estimate of drug-likeness (QED) is 0.606. The number of rotatable bonds is 2. The molecule has 0 bridgehead atoms. The predicted octanol–water partition coefficient (Wildman–Crippen LogP) is 3.76. The summed E-state index contributed by atoms with van der Waals surface area (Å²) >= 11 is 5.27. The molecule has 0 aromatic carbocycles. The number of hydrogen-bond acceptors (Lipinski definition) is 2. The molecule has 2 nitrogen and oxygen atoms in total. The minimum Gasteiger partial charge on any atom is -0.231 e. The van der Waals surface area contributed by atoms with Crippen molar-refractivity contribution in [2.75, 3.05) is 0 Å². The van der Waals surface area contributed by atoms with Crippen LogP contribution in [0.2, 0.25) is 5.15 Å². The van der Waals surface area contributed by atoms with Crippen molar-refractivity contribution in [3.63, 3.8) is 0 Å². The van der Waals surface area contributed by atoms with Crippen LogP contribution in [-0.4, -0.2) is 4.98 Å². The lowest BCUT2D eigenvalue weighted by atomic mass is 10.1. The van der Waals surface area contributed by atoms with Crippen molar-refractivity contribution in [1.29, 1.82) is 5.26 Å². The number of hydrogen-bond donors (Lipinski definition) is 0. The lowest BCUT2D eigenvalue weighted by Crippen LogP contribution is -2.11. The Bertz CT molecular complexity index is 464.